The fourth-order valence-corrected chi connectivity index (χ4v) is 3.06. The lowest BCUT2D eigenvalue weighted by Crippen LogP contribution is -2.00. The van der Waals surface area contributed by atoms with Crippen LogP contribution in [0.25, 0.3) is 16.4 Å². The third-order valence-electron chi connectivity index (χ3n) is 3.82. The lowest BCUT2D eigenvalue weighted by molar-refractivity contribution is 0.372. The largest absolute Gasteiger partial charge is 0.503 e. The van der Waals surface area contributed by atoms with Crippen molar-refractivity contribution in [3.05, 3.63) is 52.8 Å². The number of ether oxygens (including phenoxy) is 1. The first kappa shape index (κ1) is 16.3. The Morgan fingerprint density at radius 2 is 2.08 bits per heavy atom. The van der Waals surface area contributed by atoms with Crippen LogP contribution in [0.4, 0.5) is 5.82 Å². The van der Waals surface area contributed by atoms with Crippen LogP contribution in [0.1, 0.15) is 5.56 Å². The Kier molecular flexibility index (Phi) is 4.13. The smallest absolute Gasteiger partial charge is 0.185 e. The highest BCUT2D eigenvalue weighted by Crippen LogP contribution is 2.34. The van der Waals surface area contributed by atoms with Crippen LogP contribution in [0.3, 0.4) is 0 Å². The monoisotopic (exact) mass is 412 g/mol. The van der Waals surface area contributed by atoms with Gasteiger partial charge in [0.15, 0.2) is 23.0 Å². The Morgan fingerprint density at radius 1 is 1.27 bits per heavy atom. The predicted molar refractivity (Wildman–Crippen MR) is 102 cm³/mol. The number of anilines is 1. The van der Waals surface area contributed by atoms with Gasteiger partial charge in [-0.05, 0) is 33.6 Å². The van der Waals surface area contributed by atoms with E-state index in [-0.39, 0.29) is 5.75 Å². The molecule has 26 heavy (non-hydrogen) atoms. The zero-order chi connectivity index (χ0) is 18.1. The average Bonchev–Trinajstić information content (AvgIpc) is 3.13. The van der Waals surface area contributed by atoms with E-state index in [1.165, 1.54) is 7.11 Å². The third kappa shape index (κ3) is 2.82. The van der Waals surface area contributed by atoms with Gasteiger partial charge in [0.05, 0.1) is 17.8 Å². The molecule has 0 fully saturated rings. The number of phenolic OH excluding ortho intramolecular Hbond substituents is 1. The molecule has 2 heterocycles. The van der Waals surface area contributed by atoms with E-state index in [2.05, 4.69) is 41.8 Å². The molecule has 0 spiro atoms. The lowest BCUT2D eigenvalue weighted by atomic mass is 10.2. The zero-order valence-corrected chi connectivity index (χ0v) is 15.2. The summed E-state index contributed by atoms with van der Waals surface area (Å²) in [6, 6.07) is 11.2. The average molecular weight is 413 g/mol. The second kappa shape index (κ2) is 6.60. The fraction of sp³-hybridized carbons (Fsp3) is 0.0588. The number of methoxy groups -OCH3 is 1. The molecule has 0 aliphatic rings. The number of rotatable bonds is 4. The summed E-state index contributed by atoms with van der Waals surface area (Å²) < 4.78 is 7.26. The Bertz CT molecular complexity index is 1140. The van der Waals surface area contributed by atoms with Gasteiger partial charge < -0.3 is 9.84 Å². The maximum Gasteiger partial charge on any atom is 0.185 e. The second-order valence-corrected chi connectivity index (χ2v) is 6.27. The normalized spacial score (nSPS) is 11.5. The number of aromatic hydroxyl groups is 1. The minimum atomic E-state index is 0.0447. The van der Waals surface area contributed by atoms with Crippen LogP contribution in [0.5, 0.6) is 11.5 Å². The minimum absolute atomic E-state index is 0.0447. The van der Waals surface area contributed by atoms with Gasteiger partial charge in [-0.3, -0.25) is 5.43 Å². The van der Waals surface area contributed by atoms with Gasteiger partial charge in [-0.2, -0.15) is 9.62 Å². The summed E-state index contributed by atoms with van der Waals surface area (Å²) in [5, 5.41) is 28.4. The molecule has 130 valence electrons. The maximum atomic E-state index is 9.87. The quantitative estimate of drug-likeness (QED) is 0.394. The highest BCUT2D eigenvalue weighted by molar-refractivity contribution is 9.10. The number of hydrogen-bond donors (Lipinski definition) is 2. The summed E-state index contributed by atoms with van der Waals surface area (Å²) in [4.78, 5) is 0. The Morgan fingerprint density at radius 3 is 2.88 bits per heavy atom. The van der Waals surface area contributed by atoms with Gasteiger partial charge in [-0.15, -0.1) is 15.3 Å². The SMILES string of the molecule is COc1cc(/C=N\Nc2nn3cnnc3c3ccccc23)cc(Br)c1O. The highest BCUT2D eigenvalue weighted by Gasteiger charge is 2.10. The number of hydrazone groups is 1. The number of halogens is 1. The fourth-order valence-electron chi connectivity index (χ4n) is 2.60. The van der Waals surface area contributed by atoms with Crippen molar-refractivity contribution in [3.63, 3.8) is 0 Å². The minimum Gasteiger partial charge on any atom is -0.503 e. The van der Waals surface area contributed by atoms with E-state index in [0.717, 1.165) is 16.3 Å². The van der Waals surface area contributed by atoms with E-state index < -0.39 is 0 Å². The lowest BCUT2D eigenvalue weighted by Gasteiger charge is -2.07. The van der Waals surface area contributed by atoms with Gasteiger partial charge in [0, 0.05) is 10.8 Å². The molecule has 2 aromatic carbocycles. The molecule has 4 rings (SSSR count). The molecule has 2 N–H and O–H groups in total. The van der Waals surface area contributed by atoms with E-state index >= 15 is 0 Å². The Hall–Kier alpha value is -3.20. The van der Waals surface area contributed by atoms with Crippen LogP contribution in [0.2, 0.25) is 0 Å². The predicted octanol–water partition coefficient (Wildman–Crippen LogP) is 3.20. The third-order valence-corrected chi connectivity index (χ3v) is 4.42. The second-order valence-electron chi connectivity index (χ2n) is 5.42. The number of hydrogen-bond acceptors (Lipinski definition) is 7. The van der Waals surface area contributed by atoms with Crippen LogP contribution in [0, 0.1) is 0 Å². The van der Waals surface area contributed by atoms with Gasteiger partial charge in [0.1, 0.15) is 6.33 Å². The number of nitrogens with zero attached hydrogens (tertiary/aromatic N) is 5. The molecule has 2 aromatic heterocycles. The molecule has 0 aliphatic carbocycles. The van der Waals surface area contributed by atoms with Gasteiger partial charge in [0.2, 0.25) is 0 Å². The highest BCUT2D eigenvalue weighted by atomic mass is 79.9. The maximum absolute atomic E-state index is 9.87. The first-order valence-corrected chi connectivity index (χ1v) is 8.41. The van der Waals surface area contributed by atoms with Crippen LogP contribution < -0.4 is 10.2 Å². The number of fused-ring (bicyclic) bond motifs is 3. The van der Waals surface area contributed by atoms with Crippen molar-refractivity contribution in [3.8, 4) is 11.5 Å². The molecule has 9 heteroatoms. The molecular formula is C17H13BrN6O2. The van der Waals surface area contributed by atoms with Crippen LogP contribution in [-0.4, -0.2) is 38.2 Å². The number of phenols is 1. The molecule has 0 saturated heterocycles. The van der Waals surface area contributed by atoms with E-state index in [4.69, 9.17) is 4.74 Å². The van der Waals surface area contributed by atoms with E-state index in [1.807, 2.05) is 24.3 Å². The molecule has 0 aliphatic heterocycles. The first-order valence-electron chi connectivity index (χ1n) is 7.61. The zero-order valence-electron chi connectivity index (χ0n) is 13.6. The molecule has 0 radical (unpaired) electrons. The van der Waals surface area contributed by atoms with Crippen LogP contribution in [-0.2, 0) is 0 Å². The number of nitrogens with one attached hydrogen (secondary N) is 1. The molecule has 4 aromatic rings. The standard InChI is InChI=1S/C17H13BrN6O2/c1-26-14-7-10(6-13(18)15(14)25)8-19-21-16-11-4-2-3-5-12(11)17-22-20-9-24(17)23-16/h2-9,25H,1H3,(H,21,23)/b19-8-. The molecule has 0 unspecified atom stereocenters. The topological polar surface area (TPSA) is 96.9 Å². The van der Waals surface area contributed by atoms with Crippen LogP contribution >= 0.6 is 15.9 Å². The van der Waals surface area contributed by atoms with Crippen molar-refractivity contribution in [1.29, 1.82) is 0 Å². The van der Waals surface area contributed by atoms with Gasteiger partial charge >= 0.3 is 0 Å². The molecule has 8 nitrogen and oxygen atoms in total. The number of benzene rings is 2. The molecule has 0 bridgehead atoms. The van der Waals surface area contributed by atoms with Crippen molar-refractivity contribution in [2.75, 3.05) is 12.5 Å². The summed E-state index contributed by atoms with van der Waals surface area (Å²) >= 11 is 3.29. The van der Waals surface area contributed by atoms with Gasteiger partial charge in [-0.1, -0.05) is 24.3 Å². The molecule has 0 saturated carbocycles. The van der Waals surface area contributed by atoms with Crippen molar-refractivity contribution >= 4 is 44.4 Å². The summed E-state index contributed by atoms with van der Waals surface area (Å²) in [6.07, 6.45) is 3.15. The molecule has 0 amide bonds. The summed E-state index contributed by atoms with van der Waals surface area (Å²) in [7, 11) is 1.49. The van der Waals surface area contributed by atoms with Gasteiger partial charge in [-0.25, -0.2) is 0 Å². The van der Waals surface area contributed by atoms with Crippen molar-refractivity contribution in [2.45, 2.75) is 0 Å². The summed E-state index contributed by atoms with van der Waals surface area (Å²) in [6.45, 7) is 0. The Balaban J connectivity index is 1.69. The van der Waals surface area contributed by atoms with Gasteiger partial charge in [0.25, 0.3) is 0 Å². The van der Waals surface area contributed by atoms with Crippen LogP contribution in [0.15, 0.2) is 52.3 Å². The molecule has 0 atom stereocenters. The van der Waals surface area contributed by atoms with E-state index in [9.17, 15) is 5.11 Å². The summed E-state index contributed by atoms with van der Waals surface area (Å²) in [5.41, 5.74) is 4.38. The first-order chi connectivity index (χ1) is 12.7. The number of aromatic nitrogens is 4. The van der Waals surface area contributed by atoms with Crippen molar-refractivity contribution < 1.29 is 9.84 Å². The van der Waals surface area contributed by atoms with Crippen molar-refractivity contribution in [2.24, 2.45) is 5.10 Å². The Labute approximate surface area is 156 Å². The van der Waals surface area contributed by atoms with E-state index in [0.29, 0.717) is 21.7 Å². The van der Waals surface area contributed by atoms with Crippen molar-refractivity contribution in [1.82, 2.24) is 19.8 Å². The summed E-state index contributed by atoms with van der Waals surface area (Å²) in [5.74, 6) is 0.979. The molecular weight excluding hydrogens is 400 g/mol. The van der Waals surface area contributed by atoms with E-state index in [1.54, 1.807) is 29.2 Å².